The zero-order valence-corrected chi connectivity index (χ0v) is 14.5. The van der Waals surface area contributed by atoms with Crippen molar-refractivity contribution in [2.45, 2.75) is 59.1 Å². The first-order valence-corrected chi connectivity index (χ1v) is 8.14. The lowest BCUT2D eigenvalue weighted by molar-refractivity contribution is 0.0528. The van der Waals surface area contributed by atoms with Gasteiger partial charge >= 0.3 is 6.09 Å². The second-order valence-electron chi connectivity index (χ2n) is 6.44. The molecule has 1 unspecified atom stereocenters. The van der Waals surface area contributed by atoms with E-state index in [4.69, 9.17) is 4.74 Å². The van der Waals surface area contributed by atoms with E-state index < -0.39 is 5.60 Å². The second-order valence-corrected chi connectivity index (χ2v) is 6.44. The predicted molar refractivity (Wildman–Crippen MR) is 91.1 cm³/mol. The summed E-state index contributed by atoms with van der Waals surface area (Å²) in [6, 6.07) is 9.03. The Morgan fingerprint density at radius 2 is 1.77 bits per heavy atom. The van der Waals surface area contributed by atoms with Gasteiger partial charge in [-0.25, -0.2) is 4.79 Å². The minimum absolute atomic E-state index is 0.311. The van der Waals surface area contributed by atoms with Crippen molar-refractivity contribution in [1.29, 1.82) is 0 Å². The maximum Gasteiger partial charge on any atom is 0.407 e. The summed E-state index contributed by atoms with van der Waals surface area (Å²) in [6.07, 6.45) is 1.71. The number of ether oxygens (including phenoxy) is 1. The van der Waals surface area contributed by atoms with Gasteiger partial charge in [0.1, 0.15) is 5.60 Å². The smallest absolute Gasteiger partial charge is 0.407 e. The zero-order chi connectivity index (χ0) is 16.6. The number of nitrogens with one attached hydrogen (secondary N) is 2. The van der Waals surface area contributed by atoms with E-state index in [1.165, 1.54) is 11.1 Å². The minimum atomic E-state index is -0.454. The topological polar surface area (TPSA) is 50.4 Å². The Balaban J connectivity index is 2.36. The SMILES string of the molecule is CCc1ccc(C(CC)NCCNC(=O)OC(C)(C)C)cc1. The van der Waals surface area contributed by atoms with Crippen LogP contribution in [0, 0.1) is 0 Å². The third kappa shape index (κ3) is 6.94. The van der Waals surface area contributed by atoms with Crippen molar-refractivity contribution in [2.75, 3.05) is 13.1 Å². The summed E-state index contributed by atoms with van der Waals surface area (Å²) in [5, 5.41) is 6.24. The van der Waals surface area contributed by atoms with Crippen molar-refractivity contribution in [3.8, 4) is 0 Å². The van der Waals surface area contributed by atoms with Gasteiger partial charge in [0.25, 0.3) is 0 Å². The van der Waals surface area contributed by atoms with Crippen LogP contribution >= 0.6 is 0 Å². The highest BCUT2D eigenvalue weighted by Gasteiger charge is 2.15. The summed E-state index contributed by atoms with van der Waals surface area (Å²) in [6.45, 7) is 11.2. The number of hydrogen-bond donors (Lipinski definition) is 2. The molecule has 0 spiro atoms. The van der Waals surface area contributed by atoms with Crippen LogP contribution < -0.4 is 10.6 Å². The molecule has 2 N–H and O–H groups in total. The number of hydrogen-bond acceptors (Lipinski definition) is 3. The van der Waals surface area contributed by atoms with Gasteiger partial charge < -0.3 is 15.4 Å². The molecule has 0 radical (unpaired) electrons. The van der Waals surface area contributed by atoms with Crippen molar-refractivity contribution in [2.24, 2.45) is 0 Å². The van der Waals surface area contributed by atoms with E-state index in [0.29, 0.717) is 19.1 Å². The third-order valence-electron chi connectivity index (χ3n) is 3.38. The molecule has 0 heterocycles. The summed E-state index contributed by atoms with van der Waals surface area (Å²) in [7, 11) is 0. The molecule has 0 aliphatic heterocycles. The molecule has 1 amide bonds. The fourth-order valence-corrected chi connectivity index (χ4v) is 2.21. The largest absolute Gasteiger partial charge is 0.444 e. The van der Waals surface area contributed by atoms with Crippen LogP contribution in [0.4, 0.5) is 4.79 Å². The van der Waals surface area contributed by atoms with Crippen LogP contribution in [0.15, 0.2) is 24.3 Å². The fraction of sp³-hybridized carbons (Fsp3) is 0.611. The van der Waals surface area contributed by atoms with Gasteiger partial charge in [-0.05, 0) is 44.7 Å². The van der Waals surface area contributed by atoms with Gasteiger partial charge in [0.15, 0.2) is 0 Å². The van der Waals surface area contributed by atoms with Crippen molar-refractivity contribution in [3.05, 3.63) is 35.4 Å². The highest BCUT2D eigenvalue weighted by Crippen LogP contribution is 2.17. The standard InChI is InChI=1S/C18H30N2O2/c1-6-14-8-10-15(11-9-14)16(7-2)19-12-13-20-17(21)22-18(3,4)5/h8-11,16,19H,6-7,12-13H2,1-5H3,(H,20,21). The molecule has 1 aromatic carbocycles. The lowest BCUT2D eigenvalue weighted by Crippen LogP contribution is -2.37. The fourth-order valence-electron chi connectivity index (χ4n) is 2.21. The van der Waals surface area contributed by atoms with Crippen molar-refractivity contribution >= 4 is 6.09 Å². The normalized spacial score (nSPS) is 12.8. The van der Waals surface area contributed by atoms with Crippen LogP contribution in [0.1, 0.15) is 58.2 Å². The molecule has 22 heavy (non-hydrogen) atoms. The molecule has 4 heteroatoms. The van der Waals surface area contributed by atoms with Crippen LogP contribution in [0.2, 0.25) is 0 Å². The van der Waals surface area contributed by atoms with Crippen LogP contribution in [-0.4, -0.2) is 24.8 Å². The number of benzene rings is 1. The Hall–Kier alpha value is -1.55. The Morgan fingerprint density at radius 1 is 1.14 bits per heavy atom. The average molecular weight is 306 g/mol. The van der Waals surface area contributed by atoms with Crippen LogP contribution in [0.3, 0.4) is 0 Å². The van der Waals surface area contributed by atoms with E-state index in [1.807, 2.05) is 20.8 Å². The summed E-state index contributed by atoms with van der Waals surface area (Å²) >= 11 is 0. The first-order valence-electron chi connectivity index (χ1n) is 8.14. The van der Waals surface area contributed by atoms with Gasteiger partial charge in [0, 0.05) is 19.1 Å². The summed E-state index contributed by atoms with van der Waals surface area (Å²) in [5.74, 6) is 0. The molecule has 0 saturated carbocycles. The van der Waals surface area contributed by atoms with Gasteiger partial charge in [-0.3, -0.25) is 0 Å². The van der Waals surface area contributed by atoms with E-state index in [0.717, 1.165) is 12.8 Å². The minimum Gasteiger partial charge on any atom is -0.444 e. The highest BCUT2D eigenvalue weighted by atomic mass is 16.6. The second kappa shape index (κ2) is 8.79. The summed E-state index contributed by atoms with van der Waals surface area (Å²) < 4.78 is 5.20. The monoisotopic (exact) mass is 306 g/mol. The molecule has 0 aromatic heterocycles. The van der Waals surface area contributed by atoms with Gasteiger partial charge in [0.2, 0.25) is 0 Å². The maximum atomic E-state index is 11.6. The Labute approximate surface area is 134 Å². The molecule has 0 fully saturated rings. The van der Waals surface area contributed by atoms with Crippen LogP contribution in [-0.2, 0) is 11.2 Å². The molecule has 0 aliphatic rings. The van der Waals surface area contributed by atoms with E-state index >= 15 is 0 Å². The number of carbonyl (C=O) groups excluding carboxylic acids is 1. The Kier molecular flexibility index (Phi) is 7.39. The number of alkyl carbamates (subject to hydrolysis) is 1. The summed E-state index contributed by atoms with van der Waals surface area (Å²) in [5.41, 5.74) is 2.19. The predicted octanol–water partition coefficient (Wildman–Crippen LogP) is 3.81. The van der Waals surface area contributed by atoms with E-state index in [-0.39, 0.29) is 6.09 Å². The van der Waals surface area contributed by atoms with Crippen LogP contribution in [0.25, 0.3) is 0 Å². The van der Waals surface area contributed by atoms with Gasteiger partial charge in [0.05, 0.1) is 0 Å². The van der Waals surface area contributed by atoms with E-state index in [1.54, 1.807) is 0 Å². The van der Waals surface area contributed by atoms with Gasteiger partial charge in [-0.2, -0.15) is 0 Å². The molecule has 1 atom stereocenters. The summed E-state index contributed by atoms with van der Waals surface area (Å²) in [4.78, 5) is 11.6. The third-order valence-corrected chi connectivity index (χ3v) is 3.38. The first kappa shape index (κ1) is 18.5. The van der Waals surface area contributed by atoms with Crippen molar-refractivity contribution in [1.82, 2.24) is 10.6 Å². The molecule has 1 aromatic rings. The highest BCUT2D eigenvalue weighted by molar-refractivity contribution is 5.67. The van der Waals surface area contributed by atoms with Crippen molar-refractivity contribution in [3.63, 3.8) is 0 Å². The van der Waals surface area contributed by atoms with Gasteiger partial charge in [-0.15, -0.1) is 0 Å². The first-order chi connectivity index (χ1) is 10.4. The number of rotatable bonds is 7. The molecule has 1 rings (SSSR count). The van der Waals surface area contributed by atoms with Crippen LogP contribution in [0.5, 0.6) is 0 Å². The molecule has 4 nitrogen and oxygen atoms in total. The Morgan fingerprint density at radius 3 is 2.27 bits per heavy atom. The lowest BCUT2D eigenvalue weighted by Gasteiger charge is -2.21. The zero-order valence-electron chi connectivity index (χ0n) is 14.5. The molecule has 0 saturated heterocycles. The quantitative estimate of drug-likeness (QED) is 0.753. The van der Waals surface area contributed by atoms with Gasteiger partial charge in [-0.1, -0.05) is 38.1 Å². The number of amides is 1. The lowest BCUT2D eigenvalue weighted by atomic mass is 10.0. The average Bonchev–Trinajstić information content (AvgIpc) is 2.46. The number of aryl methyl sites for hydroxylation is 1. The van der Waals surface area contributed by atoms with Crippen molar-refractivity contribution < 1.29 is 9.53 Å². The molecular weight excluding hydrogens is 276 g/mol. The molecular formula is C18H30N2O2. The number of carbonyl (C=O) groups is 1. The molecule has 0 aliphatic carbocycles. The molecule has 124 valence electrons. The Bertz CT molecular complexity index is 449. The molecule has 0 bridgehead atoms. The van der Waals surface area contributed by atoms with E-state index in [2.05, 4.69) is 48.7 Å². The maximum absolute atomic E-state index is 11.6. The van der Waals surface area contributed by atoms with E-state index in [9.17, 15) is 4.79 Å².